The molecule has 1 aliphatic rings. The lowest BCUT2D eigenvalue weighted by molar-refractivity contribution is -0.133. The fraction of sp³-hybridized carbons (Fsp3) is 0.900. The fourth-order valence-electron chi connectivity index (χ4n) is 3.71. The highest BCUT2D eigenvalue weighted by molar-refractivity contribution is 14.0. The van der Waals surface area contributed by atoms with Crippen molar-refractivity contribution in [2.24, 2.45) is 16.8 Å². The number of carbonyl (C=O) groups excluding carboxylic acids is 1. The molecule has 1 fully saturated rings. The molecule has 1 amide bonds. The summed E-state index contributed by atoms with van der Waals surface area (Å²) < 4.78 is 0. The molecule has 0 aromatic rings. The van der Waals surface area contributed by atoms with E-state index >= 15 is 0 Å². The number of guanidine groups is 1. The van der Waals surface area contributed by atoms with Crippen molar-refractivity contribution in [3.05, 3.63) is 0 Å². The molecular weight excluding hydrogens is 453 g/mol. The van der Waals surface area contributed by atoms with Crippen LogP contribution in [-0.2, 0) is 4.79 Å². The summed E-state index contributed by atoms with van der Waals surface area (Å²) in [5.41, 5.74) is 0. The first-order valence-corrected chi connectivity index (χ1v) is 10.3. The lowest BCUT2D eigenvalue weighted by Crippen LogP contribution is -2.46. The number of hydrogen-bond donors (Lipinski definition) is 2. The smallest absolute Gasteiger partial charge is 0.225 e. The van der Waals surface area contributed by atoms with Crippen LogP contribution in [0.2, 0.25) is 0 Å². The van der Waals surface area contributed by atoms with Gasteiger partial charge in [-0.25, -0.2) is 0 Å². The van der Waals surface area contributed by atoms with Crippen molar-refractivity contribution in [3.8, 4) is 0 Å². The molecule has 6 nitrogen and oxygen atoms in total. The van der Waals surface area contributed by atoms with Crippen molar-refractivity contribution < 1.29 is 4.79 Å². The quantitative estimate of drug-likeness (QED) is 0.294. The molecule has 0 spiro atoms. The lowest BCUT2D eigenvalue weighted by Gasteiger charge is -2.30. The molecule has 2 unspecified atom stereocenters. The number of halogens is 1. The summed E-state index contributed by atoms with van der Waals surface area (Å²) in [6.07, 6.45) is 3.33. The van der Waals surface area contributed by atoms with Crippen molar-refractivity contribution in [2.75, 3.05) is 40.3 Å². The number of rotatable bonds is 9. The van der Waals surface area contributed by atoms with Crippen molar-refractivity contribution in [1.29, 1.82) is 0 Å². The van der Waals surface area contributed by atoms with Gasteiger partial charge in [0.1, 0.15) is 0 Å². The Kier molecular flexibility index (Phi) is 13.3. The number of hydrogen-bond acceptors (Lipinski definition) is 3. The molecule has 1 rings (SSSR count). The molecule has 0 bridgehead atoms. The third kappa shape index (κ3) is 8.54. The fourth-order valence-corrected chi connectivity index (χ4v) is 3.71. The van der Waals surface area contributed by atoms with E-state index in [1.165, 1.54) is 12.8 Å². The summed E-state index contributed by atoms with van der Waals surface area (Å²) in [6.45, 7) is 13.8. The molecule has 160 valence electrons. The number of nitrogens with one attached hydrogen (secondary N) is 2. The van der Waals surface area contributed by atoms with Crippen molar-refractivity contribution in [1.82, 2.24) is 20.4 Å². The first-order chi connectivity index (χ1) is 12.3. The Hall–Kier alpha value is -0.570. The van der Waals surface area contributed by atoms with Crippen LogP contribution in [0.15, 0.2) is 4.99 Å². The second-order valence-electron chi connectivity index (χ2n) is 7.90. The predicted molar refractivity (Wildman–Crippen MR) is 126 cm³/mol. The van der Waals surface area contributed by atoms with Gasteiger partial charge in [-0.3, -0.25) is 9.79 Å². The number of amides is 1. The molecule has 7 heteroatoms. The van der Waals surface area contributed by atoms with Crippen LogP contribution in [0, 0.1) is 11.8 Å². The van der Waals surface area contributed by atoms with Gasteiger partial charge >= 0.3 is 0 Å². The standard InChI is InChI=1S/C20H41N5O.HI/c1-8-16(9-2)18(24(6)7)13-22-20(21-10-3)23-17-11-12-25(14-17)19(26)15(4)5;/h15-18H,8-14H2,1-7H3,(H2,21,22,23);1H. The highest BCUT2D eigenvalue weighted by Crippen LogP contribution is 2.17. The molecular formula is C20H42IN5O. The van der Waals surface area contributed by atoms with Gasteiger partial charge in [-0.2, -0.15) is 0 Å². The number of nitrogens with zero attached hydrogens (tertiary/aromatic N) is 3. The summed E-state index contributed by atoms with van der Waals surface area (Å²) >= 11 is 0. The predicted octanol–water partition coefficient (Wildman–Crippen LogP) is 2.78. The van der Waals surface area contributed by atoms with Gasteiger partial charge in [-0.1, -0.05) is 40.5 Å². The van der Waals surface area contributed by atoms with Gasteiger partial charge in [-0.15, -0.1) is 24.0 Å². The SMILES string of the molecule is CCNC(=NCC(C(CC)CC)N(C)C)NC1CCN(C(=O)C(C)C)C1.I. The van der Waals surface area contributed by atoms with E-state index in [1.54, 1.807) is 0 Å². The molecule has 1 heterocycles. The van der Waals surface area contributed by atoms with Gasteiger partial charge in [-0.05, 0) is 33.4 Å². The van der Waals surface area contributed by atoms with E-state index in [-0.39, 0.29) is 41.8 Å². The van der Waals surface area contributed by atoms with E-state index in [2.05, 4.69) is 50.4 Å². The Labute approximate surface area is 183 Å². The second-order valence-corrected chi connectivity index (χ2v) is 7.90. The Bertz CT molecular complexity index is 452. The monoisotopic (exact) mass is 495 g/mol. The molecule has 1 aliphatic heterocycles. The zero-order valence-corrected chi connectivity index (χ0v) is 20.7. The average Bonchev–Trinajstić information content (AvgIpc) is 3.05. The summed E-state index contributed by atoms with van der Waals surface area (Å²) in [4.78, 5) is 21.3. The van der Waals surface area contributed by atoms with Gasteiger partial charge in [0.05, 0.1) is 6.54 Å². The van der Waals surface area contributed by atoms with E-state index in [0.717, 1.165) is 38.6 Å². The molecule has 0 aromatic carbocycles. The van der Waals surface area contributed by atoms with Gasteiger partial charge < -0.3 is 20.4 Å². The van der Waals surface area contributed by atoms with Crippen LogP contribution in [0.4, 0.5) is 0 Å². The zero-order valence-electron chi connectivity index (χ0n) is 18.4. The number of likely N-dealkylation sites (tertiary alicyclic amines) is 1. The minimum Gasteiger partial charge on any atom is -0.357 e. The summed E-state index contributed by atoms with van der Waals surface area (Å²) in [7, 11) is 4.29. The molecule has 0 aromatic heterocycles. The molecule has 1 saturated heterocycles. The van der Waals surface area contributed by atoms with Crippen molar-refractivity contribution in [3.63, 3.8) is 0 Å². The van der Waals surface area contributed by atoms with E-state index in [9.17, 15) is 4.79 Å². The maximum atomic E-state index is 12.2. The normalized spacial score (nSPS) is 18.8. The zero-order chi connectivity index (χ0) is 19.7. The minimum absolute atomic E-state index is 0. The Morgan fingerprint density at radius 2 is 1.85 bits per heavy atom. The van der Waals surface area contributed by atoms with Crippen LogP contribution in [0.1, 0.15) is 53.9 Å². The summed E-state index contributed by atoms with van der Waals surface area (Å²) in [5.74, 6) is 1.84. The Morgan fingerprint density at radius 3 is 2.33 bits per heavy atom. The molecule has 0 saturated carbocycles. The van der Waals surface area contributed by atoms with Crippen molar-refractivity contribution >= 4 is 35.8 Å². The molecule has 0 aliphatic carbocycles. The van der Waals surface area contributed by atoms with Gasteiger partial charge in [0.15, 0.2) is 5.96 Å². The number of likely N-dealkylation sites (N-methyl/N-ethyl adjacent to an activating group) is 1. The third-order valence-corrected chi connectivity index (χ3v) is 5.37. The largest absolute Gasteiger partial charge is 0.357 e. The van der Waals surface area contributed by atoms with Gasteiger partial charge in [0.25, 0.3) is 0 Å². The molecule has 2 atom stereocenters. The van der Waals surface area contributed by atoms with Crippen LogP contribution >= 0.6 is 24.0 Å². The van der Waals surface area contributed by atoms with Gasteiger partial charge in [0.2, 0.25) is 5.91 Å². The summed E-state index contributed by atoms with van der Waals surface area (Å²) in [6, 6.07) is 0.726. The third-order valence-electron chi connectivity index (χ3n) is 5.37. The van der Waals surface area contributed by atoms with Crippen LogP contribution in [0.5, 0.6) is 0 Å². The molecule has 0 radical (unpaired) electrons. The minimum atomic E-state index is 0. The highest BCUT2D eigenvalue weighted by Gasteiger charge is 2.28. The number of aliphatic imine (C=N–C) groups is 1. The van der Waals surface area contributed by atoms with Crippen LogP contribution in [0.3, 0.4) is 0 Å². The van der Waals surface area contributed by atoms with E-state index in [4.69, 9.17) is 4.99 Å². The van der Waals surface area contributed by atoms with E-state index in [0.29, 0.717) is 12.0 Å². The van der Waals surface area contributed by atoms with E-state index in [1.807, 2.05) is 18.7 Å². The maximum absolute atomic E-state index is 12.2. The molecule has 27 heavy (non-hydrogen) atoms. The Balaban J connectivity index is 0.00000676. The van der Waals surface area contributed by atoms with E-state index < -0.39 is 0 Å². The molecule has 2 N–H and O–H groups in total. The lowest BCUT2D eigenvalue weighted by atomic mass is 9.93. The van der Waals surface area contributed by atoms with Crippen LogP contribution in [0.25, 0.3) is 0 Å². The average molecular weight is 495 g/mol. The second kappa shape index (κ2) is 13.6. The number of carbonyl (C=O) groups is 1. The van der Waals surface area contributed by atoms with Gasteiger partial charge in [0, 0.05) is 37.6 Å². The first kappa shape index (κ1) is 26.4. The van der Waals surface area contributed by atoms with Crippen molar-refractivity contribution in [2.45, 2.75) is 66.0 Å². The highest BCUT2D eigenvalue weighted by atomic mass is 127. The Morgan fingerprint density at radius 1 is 1.22 bits per heavy atom. The maximum Gasteiger partial charge on any atom is 0.225 e. The van der Waals surface area contributed by atoms with Crippen LogP contribution in [-0.4, -0.2) is 74.0 Å². The first-order valence-electron chi connectivity index (χ1n) is 10.3. The summed E-state index contributed by atoms with van der Waals surface area (Å²) in [5, 5.41) is 6.90. The topological polar surface area (TPSA) is 60.0 Å². The van der Waals surface area contributed by atoms with Crippen LogP contribution < -0.4 is 10.6 Å².